The lowest BCUT2D eigenvalue weighted by atomic mass is 10.2. The summed E-state index contributed by atoms with van der Waals surface area (Å²) in [5.74, 6) is 1.66. The summed E-state index contributed by atoms with van der Waals surface area (Å²) in [5.41, 5.74) is 0.998. The Hall–Kier alpha value is -1.35. The molecule has 0 N–H and O–H groups in total. The molecule has 1 aromatic heterocycles. The monoisotopic (exact) mass is 247 g/mol. The summed E-state index contributed by atoms with van der Waals surface area (Å²) < 4.78 is 0. The molecule has 1 saturated carbocycles. The van der Waals surface area contributed by atoms with Crippen molar-refractivity contribution in [2.75, 3.05) is 17.3 Å². The van der Waals surface area contributed by atoms with Gasteiger partial charge in [-0.3, -0.25) is 0 Å². The molecule has 1 aromatic carbocycles. The van der Waals surface area contributed by atoms with Crippen LogP contribution in [-0.2, 0) is 0 Å². The van der Waals surface area contributed by atoms with Crippen LogP contribution < -0.4 is 4.90 Å². The van der Waals surface area contributed by atoms with Gasteiger partial charge in [0.2, 0.25) is 0 Å². The zero-order valence-electron chi connectivity index (χ0n) is 9.51. The lowest BCUT2D eigenvalue weighted by Gasteiger charge is -2.23. The number of para-hydroxylation sites is 1. The van der Waals surface area contributed by atoms with E-state index in [0.717, 1.165) is 23.3 Å². The van der Waals surface area contributed by atoms with Crippen LogP contribution in [0.2, 0.25) is 0 Å². The number of aromatic nitrogens is 2. The summed E-state index contributed by atoms with van der Waals surface area (Å²) >= 11 is 5.88. The fraction of sp³-hybridized carbons (Fsp3) is 0.385. The lowest BCUT2D eigenvalue weighted by Crippen LogP contribution is -2.28. The molecule has 0 amide bonds. The number of nitrogens with zero attached hydrogens (tertiary/aromatic N) is 3. The van der Waals surface area contributed by atoms with Crippen LogP contribution in [0, 0.1) is 0 Å². The van der Waals surface area contributed by atoms with E-state index in [0.29, 0.717) is 11.9 Å². The van der Waals surface area contributed by atoms with Crippen molar-refractivity contribution < 1.29 is 0 Å². The third-order valence-corrected chi connectivity index (χ3v) is 3.28. The van der Waals surface area contributed by atoms with E-state index in [1.165, 1.54) is 12.8 Å². The molecule has 88 valence electrons. The molecule has 4 heteroatoms. The minimum absolute atomic E-state index is 0.618. The van der Waals surface area contributed by atoms with Crippen LogP contribution >= 0.6 is 11.6 Å². The van der Waals surface area contributed by atoms with E-state index in [1.54, 1.807) is 6.33 Å². The van der Waals surface area contributed by atoms with Crippen LogP contribution in [0.15, 0.2) is 30.6 Å². The van der Waals surface area contributed by atoms with Crippen molar-refractivity contribution >= 4 is 28.3 Å². The van der Waals surface area contributed by atoms with E-state index >= 15 is 0 Å². The van der Waals surface area contributed by atoms with Crippen molar-refractivity contribution in [2.24, 2.45) is 0 Å². The molecule has 0 bridgehead atoms. The molecule has 1 fully saturated rings. The molecule has 0 unspecified atom stereocenters. The Morgan fingerprint density at radius 2 is 2.06 bits per heavy atom. The Morgan fingerprint density at radius 3 is 2.82 bits per heavy atom. The van der Waals surface area contributed by atoms with E-state index in [-0.39, 0.29) is 0 Å². The topological polar surface area (TPSA) is 29.0 Å². The zero-order chi connectivity index (χ0) is 11.7. The van der Waals surface area contributed by atoms with Gasteiger partial charge >= 0.3 is 0 Å². The van der Waals surface area contributed by atoms with E-state index in [1.807, 2.05) is 18.2 Å². The molecular formula is C13H14ClN3. The maximum Gasteiger partial charge on any atom is 0.140 e. The second-order valence-electron chi connectivity index (χ2n) is 4.33. The van der Waals surface area contributed by atoms with Crippen molar-refractivity contribution in [3.05, 3.63) is 30.6 Å². The van der Waals surface area contributed by atoms with Crippen LogP contribution in [0.5, 0.6) is 0 Å². The van der Waals surface area contributed by atoms with Crippen molar-refractivity contribution in [1.82, 2.24) is 9.97 Å². The SMILES string of the molecule is ClCCN(c1ncnc2ccccc12)C1CC1. The standard InChI is InChI=1S/C13H14ClN3/c14-7-8-17(10-5-6-10)13-11-3-1-2-4-12(11)15-9-16-13/h1-4,9-10H,5-8H2. The van der Waals surface area contributed by atoms with E-state index in [9.17, 15) is 0 Å². The third-order valence-electron chi connectivity index (χ3n) is 3.11. The van der Waals surface area contributed by atoms with Crippen LogP contribution in [0.3, 0.4) is 0 Å². The number of halogens is 1. The highest BCUT2D eigenvalue weighted by Crippen LogP contribution is 2.33. The van der Waals surface area contributed by atoms with Gasteiger partial charge in [0.25, 0.3) is 0 Å². The molecule has 1 heterocycles. The predicted molar refractivity (Wildman–Crippen MR) is 70.6 cm³/mol. The molecule has 3 rings (SSSR count). The Labute approximate surface area is 105 Å². The lowest BCUT2D eigenvalue weighted by molar-refractivity contribution is 0.814. The molecule has 3 nitrogen and oxygen atoms in total. The van der Waals surface area contributed by atoms with Gasteiger partial charge in [-0.15, -0.1) is 11.6 Å². The number of hydrogen-bond acceptors (Lipinski definition) is 3. The number of hydrogen-bond donors (Lipinski definition) is 0. The van der Waals surface area contributed by atoms with Gasteiger partial charge in [-0.25, -0.2) is 9.97 Å². The molecule has 0 saturated heterocycles. The summed E-state index contributed by atoms with van der Waals surface area (Å²) in [5, 5.41) is 1.12. The smallest absolute Gasteiger partial charge is 0.140 e. The average molecular weight is 248 g/mol. The Kier molecular flexibility index (Phi) is 2.85. The normalized spacial score (nSPS) is 15.1. The molecule has 0 aliphatic heterocycles. The fourth-order valence-corrected chi connectivity index (χ4v) is 2.34. The predicted octanol–water partition coefficient (Wildman–Crippen LogP) is 2.84. The van der Waals surface area contributed by atoms with Gasteiger partial charge in [-0.2, -0.15) is 0 Å². The van der Waals surface area contributed by atoms with Gasteiger partial charge in [0.15, 0.2) is 0 Å². The number of rotatable bonds is 4. The molecule has 17 heavy (non-hydrogen) atoms. The number of anilines is 1. The summed E-state index contributed by atoms with van der Waals surface area (Å²) in [4.78, 5) is 11.1. The van der Waals surface area contributed by atoms with Gasteiger partial charge in [0.1, 0.15) is 12.1 Å². The average Bonchev–Trinajstić information content (AvgIpc) is 3.20. The van der Waals surface area contributed by atoms with E-state index < -0.39 is 0 Å². The van der Waals surface area contributed by atoms with Crippen molar-refractivity contribution in [2.45, 2.75) is 18.9 Å². The summed E-state index contributed by atoms with van der Waals surface area (Å²) in [6, 6.07) is 8.75. The first-order chi connectivity index (χ1) is 8.40. The minimum Gasteiger partial charge on any atom is -0.352 e. The first-order valence-corrected chi connectivity index (χ1v) is 6.46. The van der Waals surface area contributed by atoms with Crippen molar-refractivity contribution in [3.63, 3.8) is 0 Å². The first-order valence-electron chi connectivity index (χ1n) is 5.92. The number of alkyl halides is 1. The highest BCUT2D eigenvalue weighted by Gasteiger charge is 2.30. The molecule has 1 aliphatic carbocycles. The van der Waals surface area contributed by atoms with E-state index in [2.05, 4.69) is 20.9 Å². The third kappa shape index (κ3) is 2.07. The van der Waals surface area contributed by atoms with Gasteiger partial charge < -0.3 is 4.90 Å². The maximum atomic E-state index is 5.88. The van der Waals surface area contributed by atoms with Crippen molar-refractivity contribution in [1.29, 1.82) is 0 Å². The van der Waals surface area contributed by atoms with Gasteiger partial charge in [-0.1, -0.05) is 12.1 Å². The van der Waals surface area contributed by atoms with Crippen LogP contribution in [-0.4, -0.2) is 28.4 Å². The van der Waals surface area contributed by atoms with Gasteiger partial charge in [0.05, 0.1) is 5.52 Å². The molecule has 0 radical (unpaired) electrons. The first kappa shape index (κ1) is 10.8. The molecular weight excluding hydrogens is 234 g/mol. The minimum atomic E-state index is 0.618. The second kappa shape index (κ2) is 4.49. The number of fused-ring (bicyclic) bond motifs is 1. The Balaban J connectivity index is 2.08. The second-order valence-corrected chi connectivity index (χ2v) is 4.71. The molecule has 1 aliphatic rings. The number of benzene rings is 1. The molecule has 0 spiro atoms. The van der Waals surface area contributed by atoms with Crippen molar-refractivity contribution in [3.8, 4) is 0 Å². The molecule has 0 atom stereocenters. The van der Waals surface area contributed by atoms with Gasteiger partial charge in [0, 0.05) is 23.9 Å². The fourth-order valence-electron chi connectivity index (χ4n) is 2.16. The summed E-state index contributed by atoms with van der Waals surface area (Å²) in [6.45, 7) is 0.854. The maximum absolute atomic E-state index is 5.88. The van der Waals surface area contributed by atoms with Crippen LogP contribution in [0.25, 0.3) is 10.9 Å². The highest BCUT2D eigenvalue weighted by atomic mass is 35.5. The summed E-state index contributed by atoms with van der Waals surface area (Å²) in [6.07, 6.45) is 4.13. The quantitative estimate of drug-likeness (QED) is 0.778. The van der Waals surface area contributed by atoms with Gasteiger partial charge in [-0.05, 0) is 25.0 Å². The highest BCUT2D eigenvalue weighted by molar-refractivity contribution is 6.18. The largest absolute Gasteiger partial charge is 0.352 e. The Bertz CT molecular complexity index is 520. The molecule has 2 aromatic rings. The summed E-state index contributed by atoms with van der Waals surface area (Å²) in [7, 11) is 0. The van der Waals surface area contributed by atoms with E-state index in [4.69, 9.17) is 11.6 Å². The van der Waals surface area contributed by atoms with Crippen LogP contribution in [0.1, 0.15) is 12.8 Å². The zero-order valence-corrected chi connectivity index (χ0v) is 10.3. The van der Waals surface area contributed by atoms with Crippen LogP contribution in [0.4, 0.5) is 5.82 Å². The Morgan fingerprint density at radius 1 is 1.24 bits per heavy atom.